The number of carboxylic acid groups (broad SMARTS) is 1. The van der Waals surface area contributed by atoms with Gasteiger partial charge in [-0.25, -0.2) is 13.2 Å². The van der Waals surface area contributed by atoms with E-state index in [9.17, 15) is 23.4 Å². The number of rotatable bonds is 4. The lowest BCUT2D eigenvalue weighted by Crippen LogP contribution is -2.15. The number of aromatic carboxylic acids is 1. The number of anilines is 1. The molecule has 0 aliphatic carbocycles. The van der Waals surface area contributed by atoms with Gasteiger partial charge in [-0.2, -0.15) is 0 Å². The number of phenols is 1. The minimum atomic E-state index is -4.12. The van der Waals surface area contributed by atoms with Crippen LogP contribution in [0.25, 0.3) is 10.8 Å². The molecule has 0 spiro atoms. The molecule has 3 aromatic rings. The lowest BCUT2D eigenvalue weighted by atomic mass is 10.1. The molecule has 0 saturated carbocycles. The maximum atomic E-state index is 12.9. The van der Waals surface area contributed by atoms with E-state index < -0.39 is 27.3 Å². The molecule has 9 heteroatoms. The first-order valence-electron chi connectivity index (χ1n) is 7.16. The van der Waals surface area contributed by atoms with Gasteiger partial charge in [-0.1, -0.05) is 40.2 Å². The number of carboxylic acids is 1. The maximum Gasteiger partial charge on any atom is 0.339 e. The molecule has 6 nitrogen and oxygen atoms in total. The molecule has 26 heavy (non-hydrogen) atoms. The van der Waals surface area contributed by atoms with E-state index in [4.69, 9.17) is 0 Å². The molecule has 0 aliphatic rings. The lowest BCUT2D eigenvalue weighted by molar-refractivity contribution is 0.0694. The fraction of sp³-hybridized carbons (Fsp3) is 0. The van der Waals surface area contributed by atoms with E-state index in [2.05, 4.69) is 36.6 Å². The molecule has 3 rings (SSSR count). The van der Waals surface area contributed by atoms with Crippen LogP contribution in [0.3, 0.4) is 0 Å². The first-order valence-corrected chi connectivity index (χ1v) is 10.2. The normalized spacial score (nSPS) is 11.5. The zero-order valence-corrected chi connectivity index (χ0v) is 16.9. The number of halogens is 2. The summed E-state index contributed by atoms with van der Waals surface area (Å²) >= 11 is 6.57. The van der Waals surface area contributed by atoms with Crippen molar-refractivity contribution in [3.05, 3.63) is 63.0 Å². The van der Waals surface area contributed by atoms with Crippen LogP contribution >= 0.6 is 31.9 Å². The van der Waals surface area contributed by atoms with Gasteiger partial charge in [0.1, 0.15) is 11.3 Å². The van der Waals surface area contributed by atoms with Crippen LogP contribution in [0.15, 0.2) is 62.4 Å². The Morgan fingerprint density at radius 1 is 1.00 bits per heavy atom. The third-order valence-electron chi connectivity index (χ3n) is 3.67. The number of benzene rings is 3. The van der Waals surface area contributed by atoms with Crippen molar-refractivity contribution in [2.75, 3.05) is 4.72 Å². The van der Waals surface area contributed by atoms with Crippen molar-refractivity contribution < 1.29 is 23.4 Å². The molecule has 0 heterocycles. The van der Waals surface area contributed by atoms with Gasteiger partial charge in [0.25, 0.3) is 10.0 Å². The van der Waals surface area contributed by atoms with Crippen LogP contribution in [0, 0.1) is 0 Å². The van der Waals surface area contributed by atoms with Crippen molar-refractivity contribution in [3.8, 4) is 5.75 Å². The monoisotopic (exact) mass is 499 g/mol. The van der Waals surface area contributed by atoms with Crippen LogP contribution < -0.4 is 4.72 Å². The molecule has 0 radical (unpaired) electrons. The predicted molar refractivity (Wildman–Crippen MR) is 105 cm³/mol. The Labute approximate surface area is 165 Å². The second-order valence-electron chi connectivity index (χ2n) is 5.35. The molecule has 0 aliphatic heterocycles. The fourth-order valence-corrected chi connectivity index (χ4v) is 5.08. The Hall–Kier alpha value is -2.10. The average molecular weight is 501 g/mol. The Bertz CT molecular complexity index is 1150. The third kappa shape index (κ3) is 3.42. The van der Waals surface area contributed by atoms with Gasteiger partial charge in [0, 0.05) is 19.7 Å². The first-order chi connectivity index (χ1) is 12.2. The standard InChI is InChI=1S/C17H11Br2NO5S/c18-9-5-6-14(13(19)7-9)20-26(24,25)15-8-12(17(22)23)16(21)11-4-2-1-3-10(11)15/h1-8,20-21H,(H,22,23). The molecule has 3 aromatic carbocycles. The van der Waals surface area contributed by atoms with Crippen LogP contribution in [0.2, 0.25) is 0 Å². The summed E-state index contributed by atoms with van der Waals surface area (Å²) < 4.78 is 29.5. The summed E-state index contributed by atoms with van der Waals surface area (Å²) in [7, 11) is -4.12. The molecule has 0 bridgehead atoms. The molecule has 0 fully saturated rings. The molecule has 0 unspecified atom stereocenters. The van der Waals surface area contributed by atoms with Gasteiger partial charge in [-0.15, -0.1) is 0 Å². The highest BCUT2D eigenvalue weighted by molar-refractivity contribution is 9.11. The van der Waals surface area contributed by atoms with E-state index in [0.29, 0.717) is 10.2 Å². The number of hydrogen-bond donors (Lipinski definition) is 3. The summed E-state index contributed by atoms with van der Waals surface area (Å²) in [6.07, 6.45) is 0. The first kappa shape index (κ1) is 18.7. The van der Waals surface area contributed by atoms with E-state index in [1.807, 2.05) is 0 Å². The van der Waals surface area contributed by atoms with E-state index in [0.717, 1.165) is 10.5 Å². The summed E-state index contributed by atoms with van der Waals surface area (Å²) in [6.45, 7) is 0. The number of sulfonamides is 1. The number of hydrogen-bond acceptors (Lipinski definition) is 4. The minimum Gasteiger partial charge on any atom is -0.506 e. The number of aromatic hydroxyl groups is 1. The summed E-state index contributed by atoms with van der Waals surface area (Å²) in [5.74, 6) is -1.90. The molecule has 0 atom stereocenters. The van der Waals surface area contributed by atoms with Crippen LogP contribution in [0.5, 0.6) is 5.75 Å². The topological polar surface area (TPSA) is 104 Å². The summed E-state index contributed by atoms with van der Waals surface area (Å²) in [5, 5.41) is 19.8. The third-order valence-corrected chi connectivity index (χ3v) is 6.23. The van der Waals surface area contributed by atoms with Crippen LogP contribution in [-0.2, 0) is 10.0 Å². The smallest absolute Gasteiger partial charge is 0.339 e. The predicted octanol–water partition coefficient (Wildman–Crippen LogP) is 4.57. The average Bonchev–Trinajstić information content (AvgIpc) is 2.57. The van der Waals surface area contributed by atoms with E-state index in [1.165, 1.54) is 12.1 Å². The number of nitrogens with one attached hydrogen (secondary N) is 1. The second-order valence-corrected chi connectivity index (χ2v) is 8.77. The largest absolute Gasteiger partial charge is 0.506 e. The van der Waals surface area contributed by atoms with Gasteiger partial charge in [0.2, 0.25) is 0 Å². The Balaban J connectivity index is 2.23. The highest BCUT2D eigenvalue weighted by atomic mass is 79.9. The quantitative estimate of drug-likeness (QED) is 0.486. The van der Waals surface area contributed by atoms with Crippen molar-refractivity contribution in [2.24, 2.45) is 0 Å². The molecule has 3 N–H and O–H groups in total. The molecule has 134 valence electrons. The van der Waals surface area contributed by atoms with Gasteiger partial charge < -0.3 is 10.2 Å². The highest BCUT2D eigenvalue weighted by Gasteiger charge is 2.24. The van der Waals surface area contributed by atoms with Crippen molar-refractivity contribution in [3.63, 3.8) is 0 Å². The van der Waals surface area contributed by atoms with E-state index >= 15 is 0 Å². The zero-order chi connectivity index (χ0) is 19.1. The summed E-state index contributed by atoms with van der Waals surface area (Å²) in [4.78, 5) is 11.2. The van der Waals surface area contributed by atoms with Crippen LogP contribution in [-0.4, -0.2) is 24.6 Å². The Kier molecular flexibility index (Phi) is 4.96. The molecular formula is C17H11Br2NO5S. The second kappa shape index (κ2) is 6.90. The van der Waals surface area contributed by atoms with Gasteiger partial charge in [-0.05, 0) is 40.2 Å². The molecular weight excluding hydrogens is 490 g/mol. The zero-order valence-electron chi connectivity index (χ0n) is 12.9. The van der Waals surface area contributed by atoms with E-state index in [-0.39, 0.29) is 15.7 Å². The number of fused-ring (bicyclic) bond motifs is 1. The summed E-state index contributed by atoms with van der Waals surface area (Å²) in [5.41, 5.74) is -0.193. The summed E-state index contributed by atoms with van der Waals surface area (Å²) in [6, 6.07) is 12.0. The molecule has 0 aromatic heterocycles. The minimum absolute atomic E-state index is 0.141. The number of carbonyl (C=O) groups is 1. The van der Waals surface area contributed by atoms with Gasteiger partial charge in [0.05, 0.1) is 10.6 Å². The highest BCUT2D eigenvalue weighted by Crippen LogP contribution is 2.35. The fourth-order valence-electron chi connectivity index (χ4n) is 2.48. The molecule has 0 saturated heterocycles. The lowest BCUT2D eigenvalue weighted by Gasteiger charge is -2.14. The van der Waals surface area contributed by atoms with Crippen molar-refractivity contribution in [2.45, 2.75) is 4.90 Å². The molecule has 0 amide bonds. The van der Waals surface area contributed by atoms with Crippen molar-refractivity contribution in [1.29, 1.82) is 0 Å². The van der Waals surface area contributed by atoms with Crippen molar-refractivity contribution in [1.82, 2.24) is 0 Å². The van der Waals surface area contributed by atoms with Crippen molar-refractivity contribution >= 4 is 64.3 Å². The van der Waals surface area contributed by atoms with Gasteiger partial charge in [0.15, 0.2) is 0 Å². The van der Waals surface area contributed by atoms with E-state index in [1.54, 1.807) is 30.3 Å². The van der Waals surface area contributed by atoms with Crippen LogP contribution in [0.4, 0.5) is 5.69 Å². The van der Waals surface area contributed by atoms with Crippen LogP contribution in [0.1, 0.15) is 10.4 Å². The van der Waals surface area contributed by atoms with Gasteiger partial charge >= 0.3 is 5.97 Å². The SMILES string of the molecule is O=C(O)c1cc(S(=O)(=O)Nc2ccc(Br)cc2Br)c2ccccc2c1O. The Morgan fingerprint density at radius 3 is 2.27 bits per heavy atom. The Morgan fingerprint density at radius 2 is 1.65 bits per heavy atom. The maximum absolute atomic E-state index is 12.9. The van der Waals surface area contributed by atoms with Gasteiger partial charge in [-0.3, -0.25) is 4.72 Å².